The highest BCUT2D eigenvalue weighted by Gasteiger charge is 2.42. The Kier molecular flexibility index (Phi) is 3.90. The van der Waals surface area contributed by atoms with Crippen LogP contribution >= 0.6 is 0 Å². The van der Waals surface area contributed by atoms with Gasteiger partial charge in [-0.25, -0.2) is 12.7 Å². The Bertz CT molecular complexity index is 706. The minimum absolute atomic E-state index is 0.0505. The second-order valence-electron chi connectivity index (χ2n) is 5.56. The summed E-state index contributed by atoms with van der Waals surface area (Å²) in [6.07, 6.45) is 4.57. The van der Waals surface area contributed by atoms with E-state index in [1.807, 2.05) is 0 Å². The van der Waals surface area contributed by atoms with Gasteiger partial charge in [-0.2, -0.15) is 0 Å². The third kappa shape index (κ3) is 2.61. The van der Waals surface area contributed by atoms with Crippen LogP contribution in [0, 0.1) is 0 Å². The van der Waals surface area contributed by atoms with E-state index in [4.69, 9.17) is 4.74 Å². The molecule has 0 bridgehead atoms. The monoisotopic (exact) mass is 323 g/mol. The molecule has 1 aromatic carbocycles. The molecule has 0 unspecified atom stereocenters. The lowest BCUT2D eigenvalue weighted by Crippen LogP contribution is -2.37. The van der Waals surface area contributed by atoms with Gasteiger partial charge in [-0.3, -0.25) is 9.59 Å². The molecule has 7 heteroatoms. The second-order valence-corrected chi connectivity index (χ2v) is 7.39. The molecule has 0 radical (unpaired) electrons. The highest BCUT2D eigenvalue weighted by Crippen LogP contribution is 2.30. The fraction of sp³-hybridized carbons (Fsp3) is 0.467. The van der Waals surface area contributed by atoms with Crippen molar-refractivity contribution in [1.82, 2.24) is 4.31 Å². The molecule has 1 aromatic rings. The molecule has 0 N–H and O–H groups in total. The van der Waals surface area contributed by atoms with Crippen LogP contribution in [0.4, 0.5) is 0 Å². The number of benzene rings is 1. The molecule has 1 fully saturated rings. The van der Waals surface area contributed by atoms with Crippen molar-refractivity contribution in [3.05, 3.63) is 29.8 Å². The zero-order chi connectivity index (χ0) is 15.7. The molecule has 0 aromatic heterocycles. The van der Waals surface area contributed by atoms with E-state index in [9.17, 15) is 18.0 Å². The number of ether oxygens (including phenoxy) is 1. The van der Waals surface area contributed by atoms with Crippen LogP contribution < -0.4 is 0 Å². The molecule has 1 aliphatic carbocycles. The Labute approximate surface area is 129 Å². The zero-order valence-corrected chi connectivity index (χ0v) is 12.8. The lowest BCUT2D eigenvalue weighted by Gasteiger charge is -2.23. The lowest BCUT2D eigenvalue weighted by atomic mass is 9.98. The number of hydrogen-bond donors (Lipinski definition) is 0. The number of fused-ring (bicyclic) bond motifs is 1. The first-order valence-electron chi connectivity index (χ1n) is 7.36. The molecule has 1 aliphatic heterocycles. The minimum Gasteiger partial charge on any atom is -0.461 e. The van der Waals surface area contributed by atoms with E-state index in [1.165, 1.54) is 12.1 Å². The second kappa shape index (κ2) is 5.72. The number of esters is 1. The Morgan fingerprint density at radius 2 is 1.86 bits per heavy atom. The molecule has 22 heavy (non-hydrogen) atoms. The molecular weight excluding hydrogens is 306 g/mol. The zero-order valence-electron chi connectivity index (χ0n) is 12.0. The molecule has 0 spiro atoms. The van der Waals surface area contributed by atoms with Gasteiger partial charge < -0.3 is 4.74 Å². The summed E-state index contributed by atoms with van der Waals surface area (Å²) in [6, 6.07) is 5.96. The fourth-order valence-corrected chi connectivity index (χ4v) is 4.42. The van der Waals surface area contributed by atoms with Crippen LogP contribution in [0.3, 0.4) is 0 Å². The number of rotatable bonds is 3. The van der Waals surface area contributed by atoms with Crippen LogP contribution in [0.1, 0.15) is 42.5 Å². The van der Waals surface area contributed by atoms with Crippen LogP contribution in [-0.4, -0.2) is 37.2 Å². The number of sulfonamides is 1. The van der Waals surface area contributed by atoms with Gasteiger partial charge >= 0.3 is 5.97 Å². The average Bonchev–Trinajstić information content (AvgIpc) is 2.70. The summed E-state index contributed by atoms with van der Waals surface area (Å²) in [7, 11) is -3.95. The average molecular weight is 323 g/mol. The lowest BCUT2D eigenvalue weighted by molar-refractivity contribution is -0.150. The first kappa shape index (κ1) is 15.0. The summed E-state index contributed by atoms with van der Waals surface area (Å²) in [6.45, 7) is -0.563. The Morgan fingerprint density at radius 3 is 2.55 bits per heavy atom. The van der Waals surface area contributed by atoms with E-state index < -0.39 is 28.4 Å². The van der Waals surface area contributed by atoms with Gasteiger partial charge in [0.05, 0.1) is 5.56 Å². The highest BCUT2D eigenvalue weighted by atomic mass is 32.2. The largest absolute Gasteiger partial charge is 0.461 e. The summed E-state index contributed by atoms with van der Waals surface area (Å²) in [5, 5.41) is 0. The van der Waals surface area contributed by atoms with E-state index >= 15 is 0 Å². The van der Waals surface area contributed by atoms with Crippen molar-refractivity contribution in [2.75, 3.05) is 6.54 Å². The maximum atomic E-state index is 12.3. The third-order valence-corrected chi connectivity index (χ3v) is 5.82. The topological polar surface area (TPSA) is 80.8 Å². The van der Waals surface area contributed by atoms with Gasteiger partial charge in [-0.05, 0) is 37.8 Å². The molecular formula is C15H17NO5S. The SMILES string of the molecule is O=C(CN1C(=O)c2ccccc2S1(=O)=O)OC1CCCCC1. The van der Waals surface area contributed by atoms with E-state index in [2.05, 4.69) is 0 Å². The molecule has 0 atom stereocenters. The van der Waals surface area contributed by atoms with Crippen molar-refractivity contribution < 1.29 is 22.7 Å². The van der Waals surface area contributed by atoms with E-state index in [0.29, 0.717) is 4.31 Å². The number of carbonyl (C=O) groups is 2. The molecule has 118 valence electrons. The first-order valence-corrected chi connectivity index (χ1v) is 8.80. The smallest absolute Gasteiger partial charge is 0.327 e. The van der Waals surface area contributed by atoms with Crippen LogP contribution in [0.15, 0.2) is 29.2 Å². The summed E-state index contributed by atoms with van der Waals surface area (Å²) in [5.74, 6) is -1.34. The Morgan fingerprint density at radius 1 is 1.18 bits per heavy atom. The van der Waals surface area contributed by atoms with E-state index in [0.717, 1.165) is 32.1 Å². The predicted molar refractivity (Wildman–Crippen MR) is 77.6 cm³/mol. The van der Waals surface area contributed by atoms with Crippen LogP contribution in [0.2, 0.25) is 0 Å². The van der Waals surface area contributed by atoms with E-state index in [1.54, 1.807) is 12.1 Å². The van der Waals surface area contributed by atoms with E-state index in [-0.39, 0.29) is 16.6 Å². The number of hydrogen-bond acceptors (Lipinski definition) is 5. The summed E-state index contributed by atoms with van der Waals surface area (Å²) < 4.78 is 30.5. The van der Waals surface area contributed by atoms with Gasteiger partial charge in [0.1, 0.15) is 17.5 Å². The molecule has 2 aliphatic rings. The van der Waals surface area contributed by atoms with Crippen molar-refractivity contribution in [3.8, 4) is 0 Å². The van der Waals surface area contributed by atoms with Gasteiger partial charge in [-0.15, -0.1) is 0 Å². The van der Waals surface area contributed by atoms with Crippen LogP contribution in [-0.2, 0) is 19.6 Å². The highest BCUT2D eigenvalue weighted by molar-refractivity contribution is 7.90. The summed E-state index contributed by atoms with van der Waals surface area (Å²) in [5.41, 5.74) is 0.105. The normalized spacial score (nSPS) is 20.7. The van der Waals surface area contributed by atoms with Gasteiger partial charge in [0, 0.05) is 0 Å². The summed E-state index contributed by atoms with van der Waals surface area (Å²) in [4.78, 5) is 24.1. The Balaban J connectivity index is 1.73. The van der Waals surface area contributed by atoms with Crippen LogP contribution in [0.5, 0.6) is 0 Å². The minimum atomic E-state index is -3.95. The number of carbonyl (C=O) groups excluding carboxylic acids is 2. The predicted octanol–water partition coefficient (Wildman–Crippen LogP) is 1.71. The summed E-state index contributed by atoms with van der Waals surface area (Å²) >= 11 is 0. The maximum absolute atomic E-state index is 12.3. The number of amides is 1. The quantitative estimate of drug-likeness (QED) is 0.791. The fourth-order valence-electron chi connectivity index (χ4n) is 2.91. The van der Waals surface area contributed by atoms with Crippen molar-refractivity contribution in [2.24, 2.45) is 0 Å². The van der Waals surface area contributed by atoms with Gasteiger partial charge in [-0.1, -0.05) is 18.6 Å². The Hall–Kier alpha value is -1.89. The maximum Gasteiger partial charge on any atom is 0.327 e. The molecule has 0 saturated heterocycles. The van der Waals surface area contributed by atoms with Crippen molar-refractivity contribution >= 4 is 21.9 Å². The van der Waals surface area contributed by atoms with Crippen LogP contribution in [0.25, 0.3) is 0 Å². The van der Waals surface area contributed by atoms with Crippen molar-refractivity contribution in [3.63, 3.8) is 0 Å². The standard InChI is InChI=1S/C15H17NO5S/c17-14(21-11-6-2-1-3-7-11)10-16-15(18)12-8-4-5-9-13(12)22(16,19)20/h4-5,8-9,11H,1-3,6-7,10H2. The van der Waals surface area contributed by atoms with Gasteiger partial charge in [0.2, 0.25) is 0 Å². The molecule has 1 saturated carbocycles. The molecule has 6 nitrogen and oxygen atoms in total. The molecule has 3 rings (SSSR count). The van der Waals surface area contributed by atoms with Gasteiger partial charge in [0.15, 0.2) is 0 Å². The first-order chi connectivity index (χ1) is 10.5. The van der Waals surface area contributed by atoms with Crippen molar-refractivity contribution in [2.45, 2.75) is 43.1 Å². The van der Waals surface area contributed by atoms with Crippen molar-refractivity contribution in [1.29, 1.82) is 0 Å². The van der Waals surface area contributed by atoms with Gasteiger partial charge in [0.25, 0.3) is 15.9 Å². The number of nitrogens with zero attached hydrogens (tertiary/aromatic N) is 1. The molecule has 1 heterocycles. The molecule has 1 amide bonds. The third-order valence-electron chi connectivity index (χ3n) is 4.04.